The lowest BCUT2D eigenvalue weighted by Gasteiger charge is -2.28. The number of hydrogen-bond acceptors (Lipinski definition) is 0. The van der Waals surface area contributed by atoms with Gasteiger partial charge in [-0.3, -0.25) is 0 Å². The van der Waals surface area contributed by atoms with Crippen LogP contribution in [0.1, 0.15) is 326 Å². The Kier molecular flexibility index (Phi) is 19.8. The molecule has 0 aromatic heterocycles. The summed E-state index contributed by atoms with van der Waals surface area (Å²) >= 11 is 0. The molecule has 6 atom stereocenters. The lowest BCUT2D eigenvalue weighted by molar-refractivity contribution is -0.212. The molecule has 0 nitrogen and oxygen atoms in total. The van der Waals surface area contributed by atoms with Crippen molar-refractivity contribution in [3.8, 4) is 0 Å². The largest absolute Gasteiger partial charge is 0.393 e. The van der Waals surface area contributed by atoms with E-state index in [4.69, 9.17) is 39.8 Å². The molecule has 4 fully saturated rings. The minimum atomic E-state index is -4.49. The average Bonchev–Trinajstić information content (AvgIpc) is 1.46. The van der Waals surface area contributed by atoms with Crippen molar-refractivity contribution in [3.63, 3.8) is 0 Å². The van der Waals surface area contributed by atoms with Gasteiger partial charge < -0.3 is 0 Å². The molecule has 0 saturated heterocycles. The molecule has 0 radical (unpaired) electrons. The molecule has 0 amide bonds. The average molecular weight is 1100 g/mol. The minimum Gasteiger partial charge on any atom is -0.244 e. The monoisotopic (exact) mass is 1100 g/mol. The molecular formula is C59H115F13. The second-order valence-electron chi connectivity index (χ2n) is 20.7. The summed E-state index contributed by atoms with van der Waals surface area (Å²) in [6.07, 6.45) is -39.5. The van der Waals surface area contributed by atoms with E-state index in [0.29, 0.717) is 65.2 Å². The standard InChI is InChI=1S/2C8H15F.2C7H13F.2C6H11F3.2C6H14.C5H9F3/c2*1-7-3-5-8(2,9)6-4-7;2*1-6-3-4-7(2,8)5-6;1-4-5(2,3)6(7,8)9;1-3-4-5(2)6(7,8)9;1-5-6(2,3)4;1-4-5-6(2)3;1-3-4(2)5(6,7)8/h2*7H,3-6H2,1-2H3;2*6H,3-5H2,1-2H3;4H2,1-3H3;5H,3-4H2,1-2H3;5H2,1-4H3;6H,4-5H2,1-3H3;4H,3H2,1-2H3/t;;2*6-,7?;;;;;/m..11...../s1/i3D2,4D2,5D2,6D2,7D;7D;3D2,4D2,5D2,6D;6D;4D2;3D2;5D2;4D2,6D;3D2. The first kappa shape index (κ1) is 38.6. The maximum Gasteiger partial charge on any atom is 0.393 e. The van der Waals surface area contributed by atoms with Crippen LogP contribution in [0.3, 0.4) is 0 Å². The third kappa shape index (κ3) is 49.9. The van der Waals surface area contributed by atoms with Crippen LogP contribution in [0.5, 0.6) is 0 Å². The Bertz CT molecular complexity index is 2210. The molecule has 0 aromatic carbocycles. The Morgan fingerprint density at radius 3 is 1.03 bits per heavy atom. The summed E-state index contributed by atoms with van der Waals surface area (Å²) in [4.78, 5) is 0. The Morgan fingerprint density at radius 1 is 0.528 bits per heavy atom. The maximum absolute atomic E-state index is 14.4. The fourth-order valence-corrected chi connectivity index (χ4v) is 4.67. The van der Waals surface area contributed by atoms with E-state index < -0.39 is 165 Å². The SMILES string of the molecule is [2H]C([2H])(C)C(C)(C)C.[2H]C([2H])(C)C(C)(C)C(F)(F)F.[2H]C([2H])(C)C(C)C(F)(F)F.[2H]C([2H])(C)CC(C)C(F)(F)F.[2H]C([2H])(C)CC([2H])(C)C.[2H]C1(C)CCC(C)(F)CC1.[2H]C1([2H])C(C)(F)C([2H])([2H])[C@]([2H])(C)C1([2H])[2H].[2H]C1([2H])C([2H])([2H])C(C)(F)C([2H])([2H])C([2H])([2H])C1([2H])C.[2H][C@@]1(C)CCC(C)(F)C1. The number of rotatable bonds is 6. The molecule has 4 saturated carbocycles. The maximum atomic E-state index is 14.4. The van der Waals surface area contributed by atoms with E-state index in [0.717, 1.165) is 62.3 Å². The van der Waals surface area contributed by atoms with Crippen LogP contribution in [0.4, 0.5) is 57.1 Å². The van der Waals surface area contributed by atoms with Gasteiger partial charge in [0.1, 0.15) is 22.7 Å². The predicted molar refractivity (Wildman–Crippen MR) is 285 cm³/mol. The molecule has 0 bridgehead atoms. The Hall–Kier alpha value is -0.910. The number of hydrogen-bond donors (Lipinski definition) is 0. The van der Waals surface area contributed by atoms with E-state index >= 15 is 0 Å². The first-order valence-electron chi connectivity index (χ1n) is 38.3. The van der Waals surface area contributed by atoms with Crippen molar-refractivity contribution in [1.82, 2.24) is 0 Å². The van der Waals surface area contributed by atoms with Crippen molar-refractivity contribution < 1.29 is 96.8 Å². The molecule has 72 heavy (non-hydrogen) atoms. The zero-order valence-electron chi connectivity index (χ0n) is 76.4. The molecule has 4 unspecified atom stereocenters. The van der Waals surface area contributed by atoms with Crippen LogP contribution < -0.4 is 0 Å². The lowest BCUT2D eigenvalue weighted by Crippen LogP contribution is -2.30. The molecular weight excluding hydrogens is 956 g/mol. The second kappa shape index (κ2) is 37.0. The van der Waals surface area contributed by atoms with Crippen molar-refractivity contribution in [2.24, 2.45) is 52.1 Å². The number of halogens is 13. The summed E-state index contributed by atoms with van der Waals surface area (Å²) in [6.45, 7) is 28.5. The van der Waals surface area contributed by atoms with Gasteiger partial charge in [0.2, 0.25) is 0 Å². The topological polar surface area (TPSA) is 0 Å². The van der Waals surface area contributed by atoms with E-state index in [1.54, 1.807) is 41.5 Å². The zero-order valence-corrected chi connectivity index (χ0v) is 47.4. The summed E-state index contributed by atoms with van der Waals surface area (Å²) in [7, 11) is 0. The fraction of sp³-hybridized carbons (Fsp3) is 1.00. The highest BCUT2D eigenvalue weighted by Crippen LogP contribution is 2.40. The first-order chi connectivity index (χ1) is 42.3. The third-order valence-corrected chi connectivity index (χ3v) is 10.4. The van der Waals surface area contributed by atoms with Crippen LogP contribution in [-0.2, 0) is 0 Å². The summed E-state index contributed by atoms with van der Waals surface area (Å²) < 4.78 is 374. The Morgan fingerprint density at radius 2 is 0.889 bits per heavy atom. The van der Waals surface area contributed by atoms with Gasteiger partial charge in [-0.2, -0.15) is 39.5 Å². The van der Waals surface area contributed by atoms with Gasteiger partial charge in [-0.25, -0.2) is 17.6 Å². The zero-order chi connectivity index (χ0) is 84.5. The highest BCUT2D eigenvalue weighted by atomic mass is 19.4. The summed E-state index contributed by atoms with van der Waals surface area (Å²) in [5, 5.41) is 0. The van der Waals surface area contributed by atoms with Gasteiger partial charge in [-0.05, 0) is 171 Å². The molecule has 0 N–H and O–H groups in total. The van der Waals surface area contributed by atoms with Crippen LogP contribution in [0.25, 0.3) is 0 Å². The fourth-order valence-electron chi connectivity index (χ4n) is 4.67. The van der Waals surface area contributed by atoms with Crippen molar-refractivity contribution in [1.29, 1.82) is 0 Å². The molecule has 0 spiro atoms. The Labute approximate surface area is 477 Å². The van der Waals surface area contributed by atoms with Crippen LogP contribution in [-0.4, -0.2) is 41.2 Å². The van der Waals surface area contributed by atoms with Gasteiger partial charge in [-0.15, -0.1) is 0 Å². The van der Waals surface area contributed by atoms with Crippen LogP contribution >= 0.6 is 0 Å². The van der Waals surface area contributed by atoms with Crippen molar-refractivity contribution in [2.45, 2.75) is 328 Å². The van der Waals surface area contributed by atoms with E-state index in [-0.39, 0.29) is 11.3 Å². The normalized spacial score (nSPS) is 45.2. The third-order valence-electron chi connectivity index (χ3n) is 10.4. The summed E-state index contributed by atoms with van der Waals surface area (Å²) in [6, 6.07) is 0. The Balaban J connectivity index is -0.000000346. The van der Waals surface area contributed by atoms with E-state index in [1.807, 2.05) is 27.7 Å². The molecule has 0 aliphatic heterocycles. The van der Waals surface area contributed by atoms with Gasteiger partial charge in [0.25, 0.3) is 0 Å². The van der Waals surface area contributed by atoms with Gasteiger partial charge in [-0.1, -0.05) is 150 Å². The quantitative estimate of drug-likeness (QED) is 0.233. The van der Waals surface area contributed by atoms with Gasteiger partial charge in [0.05, 0.1) is 17.3 Å². The lowest BCUT2D eigenvalue weighted by atomic mass is 9.82. The predicted octanol–water partition coefficient (Wildman–Crippen LogP) is 24.4. The van der Waals surface area contributed by atoms with Crippen molar-refractivity contribution >= 4 is 0 Å². The summed E-state index contributed by atoms with van der Waals surface area (Å²) in [5.41, 5.74) is -11.0. The van der Waals surface area contributed by atoms with E-state index in [1.165, 1.54) is 6.92 Å². The van der Waals surface area contributed by atoms with Crippen LogP contribution in [0.2, 0.25) is 0 Å². The van der Waals surface area contributed by atoms with E-state index in [9.17, 15) is 57.1 Å². The molecule has 13 heteroatoms. The van der Waals surface area contributed by atoms with Crippen LogP contribution in [0.15, 0.2) is 0 Å². The van der Waals surface area contributed by atoms with Crippen molar-refractivity contribution in [3.05, 3.63) is 0 Å². The highest BCUT2D eigenvalue weighted by Gasteiger charge is 2.45. The number of alkyl halides is 13. The summed E-state index contributed by atoms with van der Waals surface area (Å²) in [5.74, 6) is -10.2. The first-order valence-corrected chi connectivity index (χ1v) is 23.8. The smallest absolute Gasteiger partial charge is 0.244 e. The molecule has 4 rings (SSSR count). The second-order valence-corrected chi connectivity index (χ2v) is 20.7. The molecule has 0 heterocycles. The molecule has 4 aliphatic carbocycles. The molecule has 4 aliphatic rings. The molecule has 0 aromatic rings. The van der Waals surface area contributed by atoms with E-state index in [2.05, 4.69) is 0 Å². The van der Waals surface area contributed by atoms with Crippen LogP contribution in [0, 0.1) is 52.1 Å². The van der Waals surface area contributed by atoms with Gasteiger partial charge in [0.15, 0.2) is 0 Å². The molecule has 442 valence electrons. The van der Waals surface area contributed by atoms with Crippen molar-refractivity contribution in [2.75, 3.05) is 0 Å². The van der Waals surface area contributed by atoms with Gasteiger partial charge in [0, 0.05) is 39.8 Å². The van der Waals surface area contributed by atoms with Gasteiger partial charge >= 0.3 is 18.5 Å². The highest BCUT2D eigenvalue weighted by molar-refractivity contribution is 4.84. The minimum absolute atomic E-state index is 0.229.